The number of carboxylic acids is 1. The molecule has 0 aliphatic heterocycles. The maximum absolute atomic E-state index is 10.7. The third kappa shape index (κ3) is 2.51. The Morgan fingerprint density at radius 2 is 2.11 bits per heavy atom. The van der Waals surface area contributed by atoms with E-state index in [2.05, 4.69) is 27.7 Å². The lowest BCUT2D eigenvalue weighted by Gasteiger charge is -2.04. The van der Waals surface area contributed by atoms with Crippen LogP contribution < -0.4 is 0 Å². The molecule has 18 heavy (non-hydrogen) atoms. The van der Waals surface area contributed by atoms with Gasteiger partial charge < -0.3 is 9.63 Å². The van der Waals surface area contributed by atoms with Crippen molar-refractivity contribution in [2.75, 3.05) is 0 Å². The van der Waals surface area contributed by atoms with Crippen molar-refractivity contribution in [2.24, 2.45) is 0 Å². The van der Waals surface area contributed by atoms with Gasteiger partial charge in [-0.1, -0.05) is 33.2 Å². The Morgan fingerprint density at radius 1 is 1.39 bits per heavy atom. The highest BCUT2D eigenvalue weighted by atomic mass is 79.9. The van der Waals surface area contributed by atoms with Gasteiger partial charge in [0.2, 0.25) is 5.76 Å². The zero-order valence-corrected chi connectivity index (χ0v) is 11.2. The molecule has 1 aromatic carbocycles. The van der Waals surface area contributed by atoms with E-state index >= 15 is 0 Å². The second-order valence-electron chi connectivity index (χ2n) is 3.89. The molecule has 1 N–H and O–H groups in total. The summed E-state index contributed by atoms with van der Waals surface area (Å²) in [5, 5.41) is 12.5. The Kier molecular flexibility index (Phi) is 3.34. The molecule has 4 nitrogen and oxygen atoms in total. The van der Waals surface area contributed by atoms with Gasteiger partial charge in [-0.15, -0.1) is 0 Å². The van der Waals surface area contributed by atoms with E-state index in [1.54, 1.807) is 0 Å². The maximum atomic E-state index is 10.7. The molecule has 0 saturated carbocycles. The summed E-state index contributed by atoms with van der Waals surface area (Å²) in [6, 6.07) is 7.06. The zero-order chi connectivity index (χ0) is 13.3. The second kappa shape index (κ2) is 4.78. The van der Waals surface area contributed by atoms with Crippen LogP contribution in [-0.4, -0.2) is 16.2 Å². The number of carboxylic acid groups (broad SMARTS) is 1. The Bertz CT molecular complexity index is 631. The van der Waals surface area contributed by atoms with E-state index in [1.165, 1.54) is 6.07 Å². The van der Waals surface area contributed by atoms with Gasteiger partial charge in [-0.25, -0.2) is 4.79 Å². The third-order valence-electron chi connectivity index (χ3n) is 2.41. The number of carbonyl (C=O) groups is 1. The number of hydrogen-bond acceptors (Lipinski definition) is 3. The lowest BCUT2D eigenvalue weighted by atomic mass is 10.0. The predicted molar refractivity (Wildman–Crippen MR) is 71.3 cm³/mol. The van der Waals surface area contributed by atoms with Crippen LogP contribution >= 0.6 is 15.9 Å². The van der Waals surface area contributed by atoms with E-state index in [4.69, 9.17) is 9.63 Å². The molecule has 1 heterocycles. The van der Waals surface area contributed by atoms with Crippen molar-refractivity contribution < 1.29 is 14.4 Å². The molecule has 0 radical (unpaired) electrons. The first kappa shape index (κ1) is 12.6. The van der Waals surface area contributed by atoms with Gasteiger partial charge in [0.25, 0.3) is 0 Å². The standard InChI is InChI=1S/C13H10BrNO3/c1-7(2)8-3-9(5-10(14)4-8)11-6-12(13(16)17)18-15-11/h3-6H,1H2,2H3,(H,16,17). The summed E-state index contributed by atoms with van der Waals surface area (Å²) >= 11 is 3.40. The van der Waals surface area contributed by atoms with Gasteiger partial charge in [0.1, 0.15) is 5.69 Å². The van der Waals surface area contributed by atoms with Crippen molar-refractivity contribution in [2.45, 2.75) is 6.92 Å². The third-order valence-corrected chi connectivity index (χ3v) is 2.87. The number of rotatable bonds is 3. The minimum atomic E-state index is -1.14. The van der Waals surface area contributed by atoms with E-state index in [9.17, 15) is 4.79 Å². The topological polar surface area (TPSA) is 63.3 Å². The average Bonchev–Trinajstić information content (AvgIpc) is 2.77. The Hall–Kier alpha value is -1.88. The van der Waals surface area contributed by atoms with Gasteiger partial charge in [0, 0.05) is 16.1 Å². The minimum absolute atomic E-state index is 0.179. The molecule has 0 aliphatic rings. The molecule has 5 heteroatoms. The number of hydrogen-bond donors (Lipinski definition) is 1. The van der Waals surface area contributed by atoms with Crippen molar-refractivity contribution in [3.05, 3.63) is 46.6 Å². The van der Waals surface area contributed by atoms with E-state index in [0.29, 0.717) is 5.69 Å². The molecule has 92 valence electrons. The first-order valence-electron chi connectivity index (χ1n) is 5.14. The van der Waals surface area contributed by atoms with Crippen LogP contribution in [0.1, 0.15) is 23.0 Å². The summed E-state index contributed by atoms with van der Waals surface area (Å²) in [4.78, 5) is 10.7. The summed E-state index contributed by atoms with van der Waals surface area (Å²) < 4.78 is 5.61. The zero-order valence-electron chi connectivity index (χ0n) is 9.61. The fourth-order valence-electron chi connectivity index (χ4n) is 1.50. The molecule has 0 saturated heterocycles. The normalized spacial score (nSPS) is 10.3. The van der Waals surface area contributed by atoms with E-state index in [0.717, 1.165) is 21.2 Å². The van der Waals surface area contributed by atoms with Crippen LogP contribution in [0.15, 0.2) is 39.8 Å². The van der Waals surface area contributed by atoms with Gasteiger partial charge in [0.15, 0.2) is 0 Å². The van der Waals surface area contributed by atoms with E-state index < -0.39 is 5.97 Å². The van der Waals surface area contributed by atoms with Crippen LogP contribution in [0.25, 0.3) is 16.8 Å². The maximum Gasteiger partial charge on any atom is 0.374 e. The molecule has 0 unspecified atom stereocenters. The molecule has 0 fully saturated rings. The molecule has 2 aromatic rings. The van der Waals surface area contributed by atoms with Crippen LogP contribution in [0.4, 0.5) is 0 Å². The van der Waals surface area contributed by atoms with Crippen molar-refractivity contribution in [1.29, 1.82) is 0 Å². The van der Waals surface area contributed by atoms with Gasteiger partial charge in [0.05, 0.1) is 0 Å². The number of nitrogens with zero attached hydrogens (tertiary/aromatic N) is 1. The van der Waals surface area contributed by atoms with Gasteiger partial charge in [-0.2, -0.15) is 0 Å². The number of halogens is 1. The van der Waals surface area contributed by atoms with Crippen LogP contribution in [0, 0.1) is 0 Å². The molecule has 2 rings (SSSR count). The fraction of sp³-hybridized carbons (Fsp3) is 0.0769. The van der Waals surface area contributed by atoms with Gasteiger partial charge in [-0.3, -0.25) is 0 Å². The monoisotopic (exact) mass is 307 g/mol. The first-order chi connectivity index (χ1) is 8.47. The molecular formula is C13H10BrNO3. The average molecular weight is 308 g/mol. The summed E-state index contributed by atoms with van der Waals surface area (Å²) in [7, 11) is 0. The molecule has 0 bridgehead atoms. The number of benzene rings is 1. The number of allylic oxidation sites excluding steroid dienone is 1. The summed E-state index contributed by atoms with van der Waals surface area (Å²) in [6.45, 7) is 5.78. The molecule has 1 aromatic heterocycles. The summed E-state index contributed by atoms with van der Waals surface area (Å²) in [5.74, 6) is -1.31. The molecule has 0 amide bonds. The highest BCUT2D eigenvalue weighted by molar-refractivity contribution is 9.10. The van der Waals surface area contributed by atoms with E-state index in [1.807, 2.05) is 25.1 Å². The van der Waals surface area contributed by atoms with Gasteiger partial charge >= 0.3 is 5.97 Å². The van der Waals surface area contributed by atoms with Crippen LogP contribution in [0.2, 0.25) is 0 Å². The highest BCUT2D eigenvalue weighted by Crippen LogP contribution is 2.27. The predicted octanol–water partition coefficient (Wildman–Crippen LogP) is 3.84. The molecule has 0 spiro atoms. The largest absolute Gasteiger partial charge is 0.475 e. The Balaban J connectivity index is 2.49. The van der Waals surface area contributed by atoms with Crippen molar-refractivity contribution in [3.63, 3.8) is 0 Å². The summed E-state index contributed by atoms with van der Waals surface area (Å²) in [5.41, 5.74) is 3.13. The number of aromatic carboxylic acids is 1. The lowest BCUT2D eigenvalue weighted by molar-refractivity contribution is 0.0652. The fourth-order valence-corrected chi connectivity index (χ4v) is 1.99. The van der Waals surface area contributed by atoms with Crippen LogP contribution in [0.3, 0.4) is 0 Å². The van der Waals surface area contributed by atoms with Crippen LogP contribution in [-0.2, 0) is 0 Å². The lowest BCUT2D eigenvalue weighted by Crippen LogP contribution is -1.91. The van der Waals surface area contributed by atoms with Crippen LogP contribution in [0.5, 0.6) is 0 Å². The van der Waals surface area contributed by atoms with Crippen molar-refractivity contribution >= 4 is 27.5 Å². The summed E-state index contributed by atoms with van der Waals surface area (Å²) in [6.07, 6.45) is 0. The minimum Gasteiger partial charge on any atom is -0.475 e. The molecule has 0 atom stereocenters. The Morgan fingerprint density at radius 3 is 2.67 bits per heavy atom. The molecule has 0 aliphatic carbocycles. The highest BCUT2D eigenvalue weighted by Gasteiger charge is 2.13. The number of aromatic nitrogens is 1. The quantitative estimate of drug-likeness (QED) is 0.936. The smallest absolute Gasteiger partial charge is 0.374 e. The Labute approximate surface area is 112 Å². The van der Waals surface area contributed by atoms with E-state index in [-0.39, 0.29) is 5.76 Å². The van der Waals surface area contributed by atoms with Crippen molar-refractivity contribution in [3.8, 4) is 11.3 Å². The van der Waals surface area contributed by atoms with Gasteiger partial charge in [-0.05, 0) is 30.7 Å². The SMILES string of the molecule is C=C(C)c1cc(Br)cc(-c2cc(C(=O)O)on2)c1. The molecular weight excluding hydrogens is 298 g/mol. The van der Waals surface area contributed by atoms with Crippen molar-refractivity contribution in [1.82, 2.24) is 5.16 Å². The second-order valence-corrected chi connectivity index (χ2v) is 4.81. The first-order valence-corrected chi connectivity index (χ1v) is 5.93.